The first kappa shape index (κ1) is 43.6. The van der Waals surface area contributed by atoms with Crippen molar-refractivity contribution < 1.29 is 58.1 Å². The largest absolute Gasteiger partial charge is 0.462 e. The van der Waals surface area contributed by atoms with E-state index >= 15 is 0 Å². The normalized spacial score (nSPS) is 44.0. The van der Waals surface area contributed by atoms with Gasteiger partial charge in [-0.3, -0.25) is 9.59 Å². The van der Waals surface area contributed by atoms with E-state index in [2.05, 4.69) is 5.32 Å². The highest BCUT2D eigenvalue weighted by Gasteiger charge is 2.46. The third-order valence-corrected chi connectivity index (χ3v) is 10.8. The van der Waals surface area contributed by atoms with Crippen molar-refractivity contribution in [1.29, 1.82) is 0 Å². The molecule has 0 aromatic heterocycles. The first-order valence-corrected chi connectivity index (χ1v) is 18.6. The van der Waals surface area contributed by atoms with Gasteiger partial charge < -0.3 is 53.8 Å². The summed E-state index contributed by atoms with van der Waals surface area (Å²) in [5, 5.41) is 36.4. The minimum absolute atomic E-state index is 0.0546. The first-order valence-electron chi connectivity index (χ1n) is 18.6. The predicted octanol–water partition coefficient (Wildman–Crippen LogP) is 3.07. The van der Waals surface area contributed by atoms with Crippen LogP contribution in [0.1, 0.15) is 80.6 Å². The summed E-state index contributed by atoms with van der Waals surface area (Å²) in [6.45, 7) is 13.2. The van der Waals surface area contributed by atoms with Gasteiger partial charge >= 0.3 is 5.97 Å². The number of cyclic esters (lactones) is 1. The zero-order valence-electron chi connectivity index (χ0n) is 32.2. The number of hydrogen-bond donors (Lipinski definition) is 4. The maximum atomic E-state index is 13.5. The van der Waals surface area contributed by atoms with Gasteiger partial charge in [0.15, 0.2) is 18.4 Å². The Kier molecular flexibility index (Phi) is 17.6. The average Bonchev–Trinajstić information content (AvgIpc) is 3.10. The van der Waals surface area contributed by atoms with E-state index in [0.29, 0.717) is 25.7 Å². The van der Waals surface area contributed by atoms with Crippen molar-refractivity contribution in [1.82, 2.24) is 5.32 Å². The van der Waals surface area contributed by atoms with Crippen molar-refractivity contribution in [2.24, 2.45) is 23.7 Å². The third-order valence-electron chi connectivity index (χ3n) is 10.8. The van der Waals surface area contributed by atoms with Gasteiger partial charge in [0.05, 0.1) is 37.4 Å². The lowest BCUT2D eigenvalue weighted by Crippen LogP contribution is -2.59. The number of ether oxygens (including phenoxy) is 7. The van der Waals surface area contributed by atoms with Gasteiger partial charge in [-0.1, -0.05) is 51.8 Å². The fourth-order valence-corrected chi connectivity index (χ4v) is 7.52. The molecule has 1 unspecified atom stereocenters. The number of nitrogens with one attached hydrogen (secondary N) is 1. The number of rotatable bonds is 10. The number of aliphatic hydroxyl groups is 3. The zero-order valence-corrected chi connectivity index (χ0v) is 32.2. The van der Waals surface area contributed by atoms with Gasteiger partial charge in [-0.05, 0) is 59.1 Å². The van der Waals surface area contributed by atoms with Gasteiger partial charge in [0, 0.05) is 38.0 Å². The van der Waals surface area contributed by atoms with Crippen LogP contribution in [-0.4, -0.2) is 129 Å². The molecule has 0 aromatic carbocycles. The predicted molar refractivity (Wildman–Crippen MR) is 189 cm³/mol. The molecule has 3 rings (SSSR count). The molecule has 2 fully saturated rings. The maximum absolute atomic E-state index is 13.5. The Morgan fingerprint density at radius 1 is 0.882 bits per heavy atom. The summed E-state index contributed by atoms with van der Waals surface area (Å²) in [5.74, 6) is -2.22. The second-order valence-electron chi connectivity index (χ2n) is 14.7. The van der Waals surface area contributed by atoms with Gasteiger partial charge in [-0.2, -0.15) is 0 Å². The van der Waals surface area contributed by atoms with E-state index in [1.54, 1.807) is 26.1 Å². The quantitative estimate of drug-likeness (QED) is 0.242. The molecule has 51 heavy (non-hydrogen) atoms. The molecule has 294 valence electrons. The molecular weight excluding hydrogens is 662 g/mol. The minimum Gasteiger partial charge on any atom is -0.462 e. The lowest BCUT2D eigenvalue weighted by molar-refractivity contribution is -0.304. The van der Waals surface area contributed by atoms with Crippen LogP contribution in [0.2, 0.25) is 0 Å². The minimum atomic E-state index is -1.14. The molecule has 0 radical (unpaired) electrons. The second-order valence-corrected chi connectivity index (χ2v) is 14.7. The summed E-state index contributed by atoms with van der Waals surface area (Å²) >= 11 is 0. The molecule has 3 heterocycles. The van der Waals surface area contributed by atoms with Crippen LogP contribution in [0.3, 0.4) is 0 Å². The third kappa shape index (κ3) is 11.6. The summed E-state index contributed by atoms with van der Waals surface area (Å²) in [5.41, 5.74) is 0.774. The highest BCUT2D eigenvalue weighted by Crippen LogP contribution is 2.34. The van der Waals surface area contributed by atoms with Gasteiger partial charge in [0.25, 0.3) is 0 Å². The summed E-state index contributed by atoms with van der Waals surface area (Å²) in [6, 6.07) is -0.244. The van der Waals surface area contributed by atoms with Crippen LogP contribution in [-0.2, 0) is 42.7 Å². The summed E-state index contributed by atoms with van der Waals surface area (Å²) in [6.07, 6.45) is -1.19. The van der Waals surface area contributed by atoms with E-state index in [-0.39, 0.29) is 42.8 Å². The van der Waals surface area contributed by atoms with Crippen LogP contribution in [0.15, 0.2) is 23.8 Å². The number of carbonyl (C=O) groups is 2. The van der Waals surface area contributed by atoms with Crippen LogP contribution in [0.4, 0.5) is 0 Å². The maximum Gasteiger partial charge on any atom is 0.308 e. The van der Waals surface area contributed by atoms with Crippen molar-refractivity contribution in [2.75, 3.05) is 27.9 Å². The number of methoxy groups -OCH3 is 2. The monoisotopic (exact) mass is 727 g/mol. The van der Waals surface area contributed by atoms with Crippen molar-refractivity contribution in [3.63, 3.8) is 0 Å². The molecule has 13 heteroatoms. The molecule has 13 nitrogen and oxygen atoms in total. The zero-order chi connectivity index (χ0) is 38.0. The molecule has 3 aliphatic rings. The van der Waals surface area contributed by atoms with E-state index in [0.717, 1.165) is 5.57 Å². The second kappa shape index (κ2) is 20.6. The molecule has 16 atom stereocenters. The summed E-state index contributed by atoms with van der Waals surface area (Å²) < 4.78 is 42.0. The Morgan fingerprint density at radius 2 is 1.57 bits per heavy atom. The number of esters is 1. The Balaban J connectivity index is 1.92. The van der Waals surface area contributed by atoms with E-state index in [9.17, 15) is 24.9 Å². The highest BCUT2D eigenvalue weighted by atomic mass is 16.7. The fraction of sp³-hybridized carbons (Fsp3) is 0.842. The van der Waals surface area contributed by atoms with E-state index in [1.807, 2.05) is 47.6 Å². The molecule has 3 aliphatic heterocycles. The summed E-state index contributed by atoms with van der Waals surface area (Å²) in [7, 11) is 4.76. The average molecular weight is 728 g/mol. The number of allylic oxidation sites excluding steroid dienone is 3. The molecule has 0 amide bonds. The van der Waals surface area contributed by atoms with Crippen LogP contribution in [0.25, 0.3) is 0 Å². The van der Waals surface area contributed by atoms with E-state index in [4.69, 9.17) is 33.2 Å². The molecule has 4 N–H and O–H groups in total. The Hall–Kier alpha value is -1.78. The van der Waals surface area contributed by atoms with Crippen LogP contribution in [0.5, 0.6) is 0 Å². The number of hydrogen-bond acceptors (Lipinski definition) is 13. The lowest BCUT2D eigenvalue weighted by Gasteiger charge is -2.43. The van der Waals surface area contributed by atoms with Crippen LogP contribution in [0, 0.1) is 23.7 Å². The standard InChI is InChI=1S/C38H65NO12/c1-11-25-16-21(4)28(40)14-13-20(3)15-26(19-47-38-36(46-10)35(45-9)32(43)24(7)49-38)30(12-2)50-31(42)18-29(41)23(6)34(25)51-37-33(44)27(39-8)17-22(5)48-37/h13-15,21-27,29-30,32-39,41,43-44H,11-12,16-19H2,1-10H3/b14-13+,20-15+/t21-,22-,23+,24-,25?,26-,27+,29-,30-,32-,33-,34-,35-,36-,37+,38-/m1/s1. The SMILES string of the molecule is CCC1C[C@@H](C)C(=O)/C=C/C(C)=C/[C@H](CO[C@@H]2O[C@H](C)[C@@H](O)[C@@H](OC)[C@H]2OC)[C@@H](CC)OC(=O)C[C@@H](O)[C@H](C)[C@H]1O[C@@H]1O[C@H](C)C[C@H](NC)[C@H]1O. The van der Waals surface area contributed by atoms with E-state index in [1.165, 1.54) is 14.2 Å². The number of carbonyl (C=O) groups excluding carboxylic acids is 2. The lowest BCUT2D eigenvalue weighted by atomic mass is 9.80. The van der Waals surface area contributed by atoms with Gasteiger partial charge in [-0.25, -0.2) is 0 Å². The molecule has 2 saturated heterocycles. The smallest absolute Gasteiger partial charge is 0.308 e. The molecule has 0 aliphatic carbocycles. The van der Waals surface area contributed by atoms with Gasteiger partial charge in [0.1, 0.15) is 30.5 Å². The highest BCUT2D eigenvalue weighted by molar-refractivity contribution is 5.91. The van der Waals surface area contributed by atoms with E-state index < -0.39 is 79.2 Å². The first-order chi connectivity index (χ1) is 24.2. The molecule has 0 aromatic rings. The Morgan fingerprint density at radius 3 is 2.18 bits per heavy atom. The fourth-order valence-electron chi connectivity index (χ4n) is 7.52. The number of likely N-dealkylation sites (N-methyl/N-ethyl adjacent to an activating group) is 1. The van der Waals surface area contributed by atoms with Crippen LogP contribution < -0.4 is 5.32 Å². The van der Waals surface area contributed by atoms with Crippen molar-refractivity contribution in [3.05, 3.63) is 23.8 Å². The molecule has 0 spiro atoms. The van der Waals surface area contributed by atoms with Crippen molar-refractivity contribution >= 4 is 11.8 Å². The number of ketones is 1. The van der Waals surface area contributed by atoms with Gasteiger partial charge in [0.2, 0.25) is 0 Å². The van der Waals surface area contributed by atoms with Gasteiger partial charge in [-0.15, -0.1) is 0 Å². The molecule has 0 bridgehead atoms. The van der Waals surface area contributed by atoms with Crippen LogP contribution >= 0.6 is 0 Å². The Labute approximate surface area is 304 Å². The number of aliphatic hydroxyl groups excluding tert-OH is 3. The molecular formula is C38H65NO12. The molecule has 0 saturated carbocycles. The topological polar surface area (TPSA) is 171 Å². The van der Waals surface area contributed by atoms with Crippen molar-refractivity contribution in [2.45, 2.75) is 154 Å². The Bertz CT molecular complexity index is 1150. The van der Waals surface area contributed by atoms with Crippen molar-refractivity contribution in [3.8, 4) is 0 Å². The summed E-state index contributed by atoms with van der Waals surface area (Å²) in [4.78, 5) is 27.0.